The third-order valence-corrected chi connectivity index (χ3v) is 6.04. The van der Waals surface area contributed by atoms with Gasteiger partial charge in [0.2, 0.25) is 0 Å². The topological polar surface area (TPSA) is 73.9 Å². The van der Waals surface area contributed by atoms with Crippen LogP contribution in [0.1, 0.15) is 30.5 Å². The average molecular weight is 435 g/mol. The van der Waals surface area contributed by atoms with Gasteiger partial charge in [0.05, 0.1) is 17.0 Å². The first kappa shape index (κ1) is 20.5. The summed E-state index contributed by atoms with van der Waals surface area (Å²) in [5.41, 5.74) is 0.115. The molecular formula is C20H20F3N5OS. The summed E-state index contributed by atoms with van der Waals surface area (Å²) >= 11 is 1.84. The summed E-state index contributed by atoms with van der Waals surface area (Å²) in [6.07, 6.45) is -1.61. The van der Waals surface area contributed by atoms with Crippen LogP contribution in [-0.4, -0.2) is 39.5 Å². The van der Waals surface area contributed by atoms with E-state index in [2.05, 4.69) is 20.3 Å². The second-order valence-electron chi connectivity index (χ2n) is 6.98. The Labute approximate surface area is 174 Å². The zero-order valence-electron chi connectivity index (χ0n) is 16.2. The van der Waals surface area contributed by atoms with E-state index >= 15 is 0 Å². The lowest BCUT2D eigenvalue weighted by molar-refractivity contribution is 0.146. The Morgan fingerprint density at radius 1 is 1.20 bits per heavy atom. The van der Waals surface area contributed by atoms with Gasteiger partial charge >= 0.3 is 0 Å². The van der Waals surface area contributed by atoms with Gasteiger partial charge < -0.3 is 15.2 Å². The van der Waals surface area contributed by atoms with E-state index in [4.69, 9.17) is 0 Å². The largest absolute Gasteiger partial charge is 0.365 e. The van der Waals surface area contributed by atoms with Gasteiger partial charge in [-0.1, -0.05) is 18.2 Å². The van der Waals surface area contributed by atoms with Gasteiger partial charge in [0, 0.05) is 30.2 Å². The third kappa shape index (κ3) is 3.96. The highest BCUT2D eigenvalue weighted by Crippen LogP contribution is 2.30. The number of aromatic amines is 1. The number of alkyl halides is 2. The van der Waals surface area contributed by atoms with Crippen molar-refractivity contribution in [2.24, 2.45) is 0 Å². The fraction of sp³-hybridized carbons (Fsp3) is 0.350. The van der Waals surface area contributed by atoms with E-state index in [0.29, 0.717) is 22.5 Å². The number of thioether (sulfide) groups is 1. The zero-order chi connectivity index (χ0) is 21.3. The number of nitrogens with one attached hydrogen (secondary N) is 2. The SMILES string of the molecule is C[C@@H](Nc1ncnc2[nH]c(=O)c(N3CCSCC3)cc12)c1cccc(C(F)F)c1F. The van der Waals surface area contributed by atoms with E-state index in [9.17, 15) is 18.0 Å². The molecule has 0 radical (unpaired) electrons. The number of halogens is 3. The van der Waals surface area contributed by atoms with Gasteiger partial charge in [-0.25, -0.2) is 23.1 Å². The van der Waals surface area contributed by atoms with Crippen LogP contribution in [0.25, 0.3) is 11.0 Å². The summed E-state index contributed by atoms with van der Waals surface area (Å²) in [4.78, 5) is 25.7. The summed E-state index contributed by atoms with van der Waals surface area (Å²) in [7, 11) is 0. The van der Waals surface area contributed by atoms with Gasteiger partial charge in [-0.3, -0.25) is 4.79 Å². The highest BCUT2D eigenvalue weighted by molar-refractivity contribution is 7.99. The molecule has 158 valence electrons. The van der Waals surface area contributed by atoms with Crippen molar-refractivity contribution < 1.29 is 13.2 Å². The molecule has 6 nitrogen and oxygen atoms in total. The van der Waals surface area contributed by atoms with Gasteiger partial charge in [0.1, 0.15) is 29.3 Å². The third-order valence-electron chi connectivity index (χ3n) is 5.09. The molecule has 10 heteroatoms. The molecule has 2 N–H and O–H groups in total. The van der Waals surface area contributed by atoms with E-state index in [1.165, 1.54) is 18.5 Å². The van der Waals surface area contributed by atoms with Crippen molar-refractivity contribution in [2.75, 3.05) is 34.8 Å². The molecule has 4 rings (SSSR count). The molecule has 1 aliphatic rings. The first-order chi connectivity index (χ1) is 14.5. The molecule has 0 amide bonds. The molecule has 30 heavy (non-hydrogen) atoms. The Balaban J connectivity index is 1.71. The molecule has 0 spiro atoms. The van der Waals surface area contributed by atoms with E-state index in [1.54, 1.807) is 13.0 Å². The molecule has 3 heterocycles. The molecule has 0 aliphatic carbocycles. The van der Waals surface area contributed by atoms with Crippen LogP contribution in [0.15, 0.2) is 35.4 Å². The predicted molar refractivity (Wildman–Crippen MR) is 113 cm³/mol. The maximum absolute atomic E-state index is 14.5. The van der Waals surface area contributed by atoms with E-state index in [-0.39, 0.29) is 11.1 Å². The Morgan fingerprint density at radius 2 is 1.93 bits per heavy atom. The number of nitrogens with zero attached hydrogens (tertiary/aromatic N) is 3. The number of benzene rings is 1. The van der Waals surface area contributed by atoms with E-state index in [0.717, 1.165) is 30.7 Å². The highest BCUT2D eigenvalue weighted by atomic mass is 32.2. The lowest BCUT2D eigenvalue weighted by atomic mass is 10.0. The number of pyridine rings is 1. The number of fused-ring (bicyclic) bond motifs is 1. The smallest absolute Gasteiger partial charge is 0.273 e. The molecule has 1 aromatic carbocycles. The van der Waals surface area contributed by atoms with Gasteiger partial charge in [0.25, 0.3) is 12.0 Å². The Morgan fingerprint density at radius 3 is 2.67 bits per heavy atom. The van der Waals surface area contributed by atoms with Gasteiger partial charge in [-0.05, 0) is 13.0 Å². The second-order valence-corrected chi connectivity index (χ2v) is 8.21. The standard InChI is InChI=1S/C20H20F3N5OS/c1-11(12-3-2-4-13(16(12)21)17(22)23)26-18-14-9-15(28-5-7-30-8-6-28)20(29)27-19(14)25-10-24-18/h2-4,9-11,17H,5-8H2,1H3,(H2,24,25,26,27,29)/t11-/m1/s1. The maximum atomic E-state index is 14.5. The Bertz CT molecular complexity index is 1120. The van der Waals surface area contributed by atoms with Gasteiger partial charge in [0.15, 0.2) is 0 Å². The van der Waals surface area contributed by atoms with Gasteiger partial charge in [-0.15, -0.1) is 0 Å². The molecule has 0 saturated carbocycles. The van der Waals surface area contributed by atoms with Crippen LogP contribution in [0.2, 0.25) is 0 Å². The predicted octanol–water partition coefficient (Wildman–Crippen LogP) is 4.12. The van der Waals surface area contributed by atoms with Crippen molar-refractivity contribution in [1.29, 1.82) is 0 Å². The van der Waals surface area contributed by atoms with Crippen LogP contribution in [0, 0.1) is 5.82 Å². The lowest BCUT2D eigenvalue weighted by Crippen LogP contribution is -2.36. The first-order valence-corrected chi connectivity index (χ1v) is 10.6. The molecular weight excluding hydrogens is 415 g/mol. The molecule has 1 aliphatic heterocycles. The minimum absolute atomic E-state index is 0.109. The number of anilines is 2. The zero-order valence-corrected chi connectivity index (χ0v) is 17.0. The van der Waals surface area contributed by atoms with Crippen LogP contribution in [0.5, 0.6) is 0 Å². The summed E-state index contributed by atoms with van der Waals surface area (Å²) in [5, 5.41) is 3.65. The van der Waals surface area contributed by atoms with Crippen LogP contribution in [0.4, 0.5) is 24.7 Å². The van der Waals surface area contributed by atoms with Crippen LogP contribution in [0.3, 0.4) is 0 Å². The quantitative estimate of drug-likeness (QED) is 0.628. The lowest BCUT2D eigenvalue weighted by Gasteiger charge is -2.27. The fourth-order valence-corrected chi connectivity index (χ4v) is 4.42. The van der Waals surface area contributed by atoms with Crippen molar-refractivity contribution >= 4 is 34.3 Å². The molecule has 1 atom stereocenters. The minimum Gasteiger partial charge on any atom is -0.365 e. The summed E-state index contributed by atoms with van der Waals surface area (Å²) in [6.45, 7) is 3.19. The summed E-state index contributed by atoms with van der Waals surface area (Å²) in [6, 6.07) is 5.03. The van der Waals surface area contributed by atoms with Crippen LogP contribution >= 0.6 is 11.8 Å². The minimum atomic E-state index is -2.90. The average Bonchev–Trinajstić information content (AvgIpc) is 2.74. The highest BCUT2D eigenvalue weighted by Gasteiger charge is 2.21. The number of H-pyrrole nitrogens is 1. The number of hydrogen-bond donors (Lipinski definition) is 2. The summed E-state index contributed by atoms with van der Waals surface area (Å²) < 4.78 is 40.6. The van der Waals surface area contributed by atoms with E-state index in [1.807, 2.05) is 16.7 Å². The normalized spacial score (nSPS) is 15.6. The van der Waals surface area contributed by atoms with E-state index < -0.39 is 23.8 Å². The number of rotatable bonds is 5. The number of hydrogen-bond acceptors (Lipinski definition) is 6. The molecule has 1 fully saturated rings. The monoisotopic (exact) mass is 435 g/mol. The fourth-order valence-electron chi connectivity index (χ4n) is 3.51. The van der Waals surface area contributed by atoms with Crippen molar-refractivity contribution in [3.8, 4) is 0 Å². The van der Waals surface area contributed by atoms with Crippen molar-refractivity contribution in [3.05, 3.63) is 57.9 Å². The molecule has 0 unspecified atom stereocenters. The van der Waals surface area contributed by atoms with Gasteiger partial charge in [-0.2, -0.15) is 11.8 Å². The first-order valence-electron chi connectivity index (χ1n) is 9.49. The van der Waals surface area contributed by atoms with Crippen molar-refractivity contribution in [3.63, 3.8) is 0 Å². The Kier molecular flexibility index (Phi) is 5.85. The van der Waals surface area contributed by atoms with Crippen molar-refractivity contribution in [1.82, 2.24) is 15.0 Å². The van der Waals surface area contributed by atoms with Crippen molar-refractivity contribution in [2.45, 2.75) is 19.4 Å². The second kappa shape index (κ2) is 8.55. The maximum Gasteiger partial charge on any atom is 0.273 e. The molecule has 2 aromatic heterocycles. The summed E-state index contributed by atoms with van der Waals surface area (Å²) in [5.74, 6) is 1.32. The van der Waals surface area contributed by atoms with Crippen LogP contribution in [-0.2, 0) is 0 Å². The molecule has 1 saturated heterocycles. The molecule has 0 bridgehead atoms. The molecule has 3 aromatic rings. The van der Waals surface area contributed by atoms with Crippen LogP contribution < -0.4 is 15.8 Å². The number of aromatic nitrogens is 3. The Hall–Kier alpha value is -2.75.